The molecule has 1 heterocycles. The number of nitrogens with one attached hydrogen (secondary N) is 1. The normalized spacial score (nSPS) is 14.3. The van der Waals surface area contributed by atoms with Gasteiger partial charge < -0.3 is 4.90 Å². The largest absolute Gasteiger partial charge is 0.336 e. The maximum Gasteiger partial charge on any atom is 0.268 e. The molecule has 0 spiro atoms. The van der Waals surface area contributed by atoms with Gasteiger partial charge in [0.25, 0.3) is 5.91 Å². The summed E-state index contributed by atoms with van der Waals surface area (Å²) in [5, 5.41) is 2.44. The van der Waals surface area contributed by atoms with Crippen molar-refractivity contribution >= 4 is 17.8 Å². The van der Waals surface area contributed by atoms with Crippen LogP contribution < -0.4 is 5.32 Å². The quantitative estimate of drug-likeness (QED) is 0.710. The van der Waals surface area contributed by atoms with E-state index in [0.717, 1.165) is 0 Å². The van der Waals surface area contributed by atoms with Crippen LogP contribution in [0.5, 0.6) is 0 Å². The van der Waals surface area contributed by atoms with Crippen LogP contribution >= 0.6 is 0 Å². The van der Waals surface area contributed by atoms with Gasteiger partial charge in [0.2, 0.25) is 11.9 Å². The van der Waals surface area contributed by atoms with Crippen molar-refractivity contribution in [2.75, 3.05) is 13.6 Å². The summed E-state index contributed by atoms with van der Waals surface area (Å²) in [6.45, 7) is 5.98. The molecule has 1 N–H and O–H groups in total. The van der Waals surface area contributed by atoms with Crippen molar-refractivity contribution in [3.05, 3.63) is 0 Å². The Kier molecular flexibility index (Phi) is 6.33. The summed E-state index contributed by atoms with van der Waals surface area (Å²) in [6, 6.07) is 0. The molecule has 1 rings (SSSR count). The zero-order chi connectivity index (χ0) is 11.8. The fourth-order valence-electron chi connectivity index (χ4n) is 0.797. The van der Waals surface area contributed by atoms with E-state index in [0.29, 0.717) is 5.96 Å². The number of hydrogen-bond acceptors (Lipinski definition) is 3. The van der Waals surface area contributed by atoms with Crippen molar-refractivity contribution in [3.63, 3.8) is 0 Å². The SMILES string of the molecule is CC(=O)NC1=NC(=O)CN1C.CCCC.[HH]. The molecule has 0 radical (unpaired) electrons. The second-order valence-electron chi connectivity index (χ2n) is 3.37. The van der Waals surface area contributed by atoms with Crippen molar-refractivity contribution in [1.82, 2.24) is 10.2 Å². The van der Waals surface area contributed by atoms with Gasteiger partial charge in [0.05, 0.1) is 0 Å². The highest BCUT2D eigenvalue weighted by atomic mass is 16.2. The first-order chi connectivity index (χ1) is 7.01. The summed E-state index contributed by atoms with van der Waals surface area (Å²) < 4.78 is 0. The highest BCUT2D eigenvalue weighted by Gasteiger charge is 2.19. The number of nitrogens with zero attached hydrogens (tertiary/aromatic N) is 2. The smallest absolute Gasteiger partial charge is 0.268 e. The van der Waals surface area contributed by atoms with Gasteiger partial charge in [0, 0.05) is 15.4 Å². The lowest BCUT2D eigenvalue weighted by Gasteiger charge is -2.11. The van der Waals surface area contributed by atoms with E-state index in [1.54, 1.807) is 11.9 Å². The summed E-state index contributed by atoms with van der Waals surface area (Å²) in [5.74, 6) is -0.107. The molecule has 0 aromatic rings. The zero-order valence-corrected chi connectivity index (χ0v) is 9.83. The molecular formula is C10H21N3O2. The van der Waals surface area contributed by atoms with Crippen LogP contribution in [0.3, 0.4) is 0 Å². The topological polar surface area (TPSA) is 61.8 Å². The number of rotatable bonds is 1. The van der Waals surface area contributed by atoms with Crippen LogP contribution in [0.2, 0.25) is 0 Å². The lowest BCUT2D eigenvalue weighted by atomic mass is 10.4. The Labute approximate surface area is 92.0 Å². The van der Waals surface area contributed by atoms with Crippen LogP contribution in [-0.4, -0.2) is 36.3 Å². The molecule has 0 bridgehead atoms. The number of aliphatic imine (C=N–C) groups is 1. The standard InChI is InChI=1S/C6H9N3O2.C4H10.H2/c1-4(10)7-6-8-5(11)3-9(6)2;1-3-4-2;/h3H2,1-2H3,(H,7,8,10,11);3-4H2,1-2H3;1H. The van der Waals surface area contributed by atoms with Crippen LogP contribution in [0.1, 0.15) is 35.0 Å². The second kappa shape index (κ2) is 6.98. The number of amides is 2. The van der Waals surface area contributed by atoms with Gasteiger partial charge in [-0.15, -0.1) is 0 Å². The molecule has 0 fully saturated rings. The van der Waals surface area contributed by atoms with Crippen LogP contribution in [0.15, 0.2) is 4.99 Å². The van der Waals surface area contributed by atoms with E-state index in [4.69, 9.17) is 0 Å². The van der Waals surface area contributed by atoms with E-state index >= 15 is 0 Å². The number of hydrogen-bond donors (Lipinski definition) is 1. The van der Waals surface area contributed by atoms with Crippen molar-refractivity contribution in [3.8, 4) is 0 Å². The molecule has 0 aliphatic carbocycles. The molecule has 0 unspecified atom stereocenters. The third-order valence-corrected chi connectivity index (χ3v) is 1.75. The Balaban J connectivity index is 0. The molecule has 0 atom stereocenters. The average Bonchev–Trinajstić information content (AvgIpc) is 2.45. The fourth-order valence-corrected chi connectivity index (χ4v) is 0.797. The van der Waals surface area contributed by atoms with E-state index in [9.17, 15) is 9.59 Å². The minimum absolute atomic E-state index is 0. The van der Waals surface area contributed by atoms with Crippen LogP contribution in [0.4, 0.5) is 0 Å². The summed E-state index contributed by atoms with van der Waals surface area (Å²) in [6.07, 6.45) is 2.64. The highest BCUT2D eigenvalue weighted by molar-refractivity contribution is 6.06. The molecule has 0 saturated carbocycles. The number of carbonyl (C=O) groups is 2. The minimum Gasteiger partial charge on any atom is -0.336 e. The van der Waals surface area contributed by atoms with E-state index in [-0.39, 0.29) is 19.8 Å². The van der Waals surface area contributed by atoms with Crippen molar-refractivity contribution in [2.24, 2.45) is 4.99 Å². The number of unbranched alkanes of at least 4 members (excludes halogenated alkanes) is 1. The van der Waals surface area contributed by atoms with Crippen molar-refractivity contribution in [2.45, 2.75) is 33.6 Å². The maximum atomic E-state index is 10.7. The van der Waals surface area contributed by atoms with Gasteiger partial charge in [-0.1, -0.05) is 26.7 Å². The monoisotopic (exact) mass is 215 g/mol. The third kappa shape index (κ3) is 5.83. The first-order valence-electron chi connectivity index (χ1n) is 5.11. The molecule has 5 nitrogen and oxygen atoms in total. The first-order valence-corrected chi connectivity index (χ1v) is 5.11. The molecular weight excluding hydrogens is 194 g/mol. The van der Waals surface area contributed by atoms with E-state index in [1.807, 2.05) is 0 Å². The average molecular weight is 215 g/mol. The van der Waals surface area contributed by atoms with E-state index < -0.39 is 0 Å². The van der Waals surface area contributed by atoms with Gasteiger partial charge in [-0.25, -0.2) is 0 Å². The van der Waals surface area contributed by atoms with Gasteiger partial charge in [-0.3, -0.25) is 14.9 Å². The van der Waals surface area contributed by atoms with Crippen molar-refractivity contribution < 1.29 is 11.0 Å². The van der Waals surface area contributed by atoms with Gasteiger partial charge in [0.15, 0.2) is 0 Å². The van der Waals surface area contributed by atoms with Crippen molar-refractivity contribution in [1.29, 1.82) is 0 Å². The summed E-state index contributed by atoms with van der Waals surface area (Å²) in [4.78, 5) is 26.4. The summed E-state index contributed by atoms with van der Waals surface area (Å²) in [7, 11) is 1.69. The Morgan fingerprint density at radius 1 is 1.53 bits per heavy atom. The van der Waals surface area contributed by atoms with Gasteiger partial charge in [0.1, 0.15) is 6.54 Å². The number of carbonyl (C=O) groups excluding carboxylic acids is 2. The molecule has 1 aliphatic rings. The van der Waals surface area contributed by atoms with Crippen LogP contribution in [0, 0.1) is 0 Å². The lowest BCUT2D eigenvalue weighted by molar-refractivity contribution is -0.118. The number of likely N-dealkylation sites (N-methyl/N-ethyl adjacent to an activating group) is 1. The predicted molar refractivity (Wildman–Crippen MR) is 61.6 cm³/mol. The molecule has 5 heteroatoms. The third-order valence-electron chi connectivity index (χ3n) is 1.75. The Morgan fingerprint density at radius 2 is 2.07 bits per heavy atom. The molecule has 15 heavy (non-hydrogen) atoms. The van der Waals surface area contributed by atoms with Gasteiger partial charge in [-0.2, -0.15) is 4.99 Å². The Hall–Kier alpha value is -1.39. The van der Waals surface area contributed by atoms with E-state index in [2.05, 4.69) is 24.2 Å². The van der Waals surface area contributed by atoms with Gasteiger partial charge >= 0.3 is 0 Å². The molecule has 1 aliphatic heterocycles. The minimum atomic E-state index is -0.226. The van der Waals surface area contributed by atoms with Crippen LogP contribution in [-0.2, 0) is 9.59 Å². The van der Waals surface area contributed by atoms with E-state index in [1.165, 1.54) is 19.8 Å². The molecule has 88 valence electrons. The predicted octanol–water partition coefficient (Wildman–Crippen LogP) is 1.00. The Bertz CT molecular complexity index is 265. The zero-order valence-electron chi connectivity index (χ0n) is 9.83. The molecule has 0 aromatic heterocycles. The molecule has 0 saturated heterocycles. The molecule has 0 aromatic carbocycles. The lowest BCUT2D eigenvalue weighted by Crippen LogP contribution is -2.38. The van der Waals surface area contributed by atoms with Gasteiger partial charge in [-0.05, 0) is 0 Å². The fraction of sp³-hybridized carbons (Fsp3) is 0.700. The Morgan fingerprint density at radius 3 is 2.33 bits per heavy atom. The molecule has 2 amide bonds. The van der Waals surface area contributed by atoms with Crippen LogP contribution in [0.25, 0.3) is 0 Å². The summed E-state index contributed by atoms with van der Waals surface area (Å²) >= 11 is 0. The second-order valence-corrected chi connectivity index (χ2v) is 3.37. The summed E-state index contributed by atoms with van der Waals surface area (Å²) in [5.41, 5.74) is 0. The number of guanidine groups is 1. The highest BCUT2D eigenvalue weighted by Crippen LogP contribution is 1.96. The first kappa shape index (κ1) is 13.6. The maximum absolute atomic E-state index is 10.7.